The lowest BCUT2D eigenvalue weighted by molar-refractivity contribution is -0.128. The van der Waals surface area contributed by atoms with Gasteiger partial charge in [0.25, 0.3) is 0 Å². The van der Waals surface area contributed by atoms with E-state index in [2.05, 4.69) is 27.3 Å². The van der Waals surface area contributed by atoms with Crippen LogP contribution in [0.4, 0.5) is 10.8 Å². The van der Waals surface area contributed by atoms with Crippen molar-refractivity contribution in [3.8, 4) is 0 Å². The lowest BCUT2D eigenvalue weighted by atomic mass is 10.2. The van der Waals surface area contributed by atoms with Crippen molar-refractivity contribution in [2.24, 2.45) is 0 Å². The summed E-state index contributed by atoms with van der Waals surface area (Å²) in [6, 6.07) is 7.84. The summed E-state index contributed by atoms with van der Waals surface area (Å²) in [6.45, 7) is 6.00. The highest BCUT2D eigenvalue weighted by atomic mass is 35.5. The molecule has 140 valence electrons. The van der Waals surface area contributed by atoms with Crippen LogP contribution in [0.5, 0.6) is 0 Å². The summed E-state index contributed by atoms with van der Waals surface area (Å²) < 4.78 is 0.826. The second-order valence-electron chi connectivity index (χ2n) is 5.91. The van der Waals surface area contributed by atoms with Gasteiger partial charge in [-0.05, 0) is 18.6 Å². The number of amides is 1. The molecule has 0 radical (unpaired) electrons. The quantitative estimate of drug-likeness (QED) is 0.704. The Labute approximate surface area is 166 Å². The van der Waals surface area contributed by atoms with Gasteiger partial charge in [0, 0.05) is 32.7 Å². The lowest BCUT2D eigenvalue weighted by Crippen LogP contribution is -2.49. The molecule has 1 amide bonds. The van der Waals surface area contributed by atoms with Crippen molar-refractivity contribution in [1.29, 1.82) is 0 Å². The van der Waals surface area contributed by atoms with Gasteiger partial charge in [-0.2, -0.15) is 0 Å². The van der Waals surface area contributed by atoms with Crippen molar-refractivity contribution in [3.05, 3.63) is 29.3 Å². The number of thioether (sulfide) groups is 1. The molecule has 1 aliphatic heterocycles. The van der Waals surface area contributed by atoms with Crippen LogP contribution in [0.2, 0.25) is 5.02 Å². The van der Waals surface area contributed by atoms with Crippen LogP contribution in [0.1, 0.15) is 13.3 Å². The second kappa shape index (κ2) is 9.43. The van der Waals surface area contributed by atoms with Gasteiger partial charge in [-0.15, -0.1) is 10.2 Å². The molecule has 1 aromatic carbocycles. The predicted molar refractivity (Wildman–Crippen MR) is 110 cm³/mol. The number of anilines is 2. The molecule has 1 N–H and O–H groups in total. The predicted octanol–water partition coefficient (Wildman–Crippen LogP) is 3.45. The highest BCUT2D eigenvalue weighted by molar-refractivity contribution is 8.01. The number of para-hydroxylation sites is 1. The minimum atomic E-state index is 0.145. The minimum Gasteiger partial charge on any atom is -0.367 e. The third-order valence-corrected chi connectivity index (χ3v) is 6.40. The van der Waals surface area contributed by atoms with Crippen molar-refractivity contribution in [2.45, 2.75) is 17.7 Å². The van der Waals surface area contributed by atoms with E-state index in [0.29, 0.717) is 18.8 Å². The van der Waals surface area contributed by atoms with Gasteiger partial charge in [-0.25, -0.2) is 0 Å². The number of nitrogens with one attached hydrogen (secondary N) is 1. The first kappa shape index (κ1) is 19.3. The molecule has 6 nitrogen and oxygen atoms in total. The lowest BCUT2D eigenvalue weighted by Gasteiger charge is -2.36. The van der Waals surface area contributed by atoms with E-state index in [-0.39, 0.29) is 5.91 Å². The smallest absolute Gasteiger partial charge is 0.233 e. The van der Waals surface area contributed by atoms with Crippen LogP contribution in [0, 0.1) is 0 Å². The van der Waals surface area contributed by atoms with Crippen molar-refractivity contribution >= 4 is 51.4 Å². The van der Waals surface area contributed by atoms with Crippen LogP contribution in [-0.2, 0) is 4.79 Å². The van der Waals surface area contributed by atoms with E-state index in [1.165, 1.54) is 23.1 Å². The SMILES string of the molecule is CCCNc1nnc(SCC(=O)N2CCN(c3ccccc3Cl)CC2)s1. The Balaban J connectivity index is 1.45. The summed E-state index contributed by atoms with van der Waals surface area (Å²) in [5.41, 5.74) is 1.04. The number of carbonyl (C=O) groups is 1. The van der Waals surface area contributed by atoms with Gasteiger partial charge in [0.2, 0.25) is 11.0 Å². The summed E-state index contributed by atoms with van der Waals surface area (Å²) >= 11 is 9.22. The zero-order valence-corrected chi connectivity index (χ0v) is 17.0. The number of piperazine rings is 1. The summed E-state index contributed by atoms with van der Waals surface area (Å²) in [5.74, 6) is 0.543. The van der Waals surface area contributed by atoms with Crippen molar-refractivity contribution in [1.82, 2.24) is 15.1 Å². The molecule has 1 saturated heterocycles. The number of hydrogen-bond acceptors (Lipinski definition) is 7. The maximum Gasteiger partial charge on any atom is 0.233 e. The standard InChI is InChI=1S/C17H22ClN5OS2/c1-2-7-19-16-20-21-17(26-16)25-12-15(24)23-10-8-22(9-11-23)14-6-4-3-5-13(14)18/h3-6H,2,7-12H2,1H3,(H,19,20). The first-order chi connectivity index (χ1) is 12.7. The Morgan fingerprint density at radius 2 is 2.04 bits per heavy atom. The van der Waals surface area contributed by atoms with E-state index in [1.807, 2.05) is 29.2 Å². The number of hydrogen-bond donors (Lipinski definition) is 1. The molecule has 9 heteroatoms. The Bertz CT molecular complexity index is 733. The van der Waals surface area contributed by atoms with Crippen LogP contribution in [0.25, 0.3) is 0 Å². The average Bonchev–Trinajstić information content (AvgIpc) is 3.13. The van der Waals surface area contributed by atoms with E-state index in [9.17, 15) is 4.79 Å². The highest BCUT2D eigenvalue weighted by Gasteiger charge is 2.22. The number of rotatable bonds is 7. The van der Waals surface area contributed by atoms with Gasteiger partial charge in [-0.1, -0.05) is 53.8 Å². The number of aromatic nitrogens is 2. The molecule has 1 fully saturated rings. The third kappa shape index (κ3) is 5.02. The molecule has 0 aliphatic carbocycles. The monoisotopic (exact) mass is 411 g/mol. The Kier molecular flexibility index (Phi) is 6.99. The maximum atomic E-state index is 12.5. The van der Waals surface area contributed by atoms with E-state index < -0.39 is 0 Å². The van der Waals surface area contributed by atoms with E-state index in [0.717, 1.165) is 46.2 Å². The van der Waals surface area contributed by atoms with Gasteiger partial charge in [0.1, 0.15) is 0 Å². The van der Waals surface area contributed by atoms with Crippen LogP contribution in [-0.4, -0.2) is 59.5 Å². The van der Waals surface area contributed by atoms with Gasteiger partial charge < -0.3 is 15.1 Å². The molecule has 0 atom stereocenters. The molecular weight excluding hydrogens is 390 g/mol. The van der Waals surface area contributed by atoms with E-state index in [1.54, 1.807) is 0 Å². The molecule has 0 bridgehead atoms. The van der Waals surface area contributed by atoms with Crippen molar-refractivity contribution in [2.75, 3.05) is 48.7 Å². The average molecular weight is 412 g/mol. The van der Waals surface area contributed by atoms with Crippen LogP contribution in [0.3, 0.4) is 0 Å². The largest absolute Gasteiger partial charge is 0.367 e. The van der Waals surface area contributed by atoms with Crippen LogP contribution >= 0.6 is 34.7 Å². The molecule has 2 heterocycles. The molecule has 2 aromatic rings. The molecule has 1 aliphatic rings. The maximum absolute atomic E-state index is 12.5. The van der Waals surface area contributed by atoms with Gasteiger partial charge in [-0.3, -0.25) is 4.79 Å². The topological polar surface area (TPSA) is 61.4 Å². The fraction of sp³-hybridized carbons (Fsp3) is 0.471. The fourth-order valence-corrected chi connectivity index (χ4v) is 4.63. The molecule has 0 saturated carbocycles. The summed E-state index contributed by atoms with van der Waals surface area (Å²) in [5, 5.41) is 13.0. The second-order valence-corrected chi connectivity index (χ2v) is 8.52. The Morgan fingerprint density at radius 3 is 2.77 bits per heavy atom. The van der Waals surface area contributed by atoms with Crippen molar-refractivity contribution in [3.63, 3.8) is 0 Å². The first-order valence-electron chi connectivity index (χ1n) is 8.65. The number of halogens is 1. The van der Waals surface area contributed by atoms with Gasteiger partial charge >= 0.3 is 0 Å². The normalized spacial score (nSPS) is 14.5. The highest BCUT2D eigenvalue weighted by Crippen LogP contribution is 2.27. The number of benzene rings is 1. The Hall–Kier alpha value is -1.51. The third-order valence-electron chi connectivity index (χ3n) is 4.08. The molecule has 0 spiro atoms. The van der Waals surface area contributed by atoms with Crippen molar-refractivity contribution < 1.29 is 4.79 Å². The molecule has 26 heavy (non-hydrogen) atoms. The number of nitrogens with zero attached hydrogens (tertiary/aromatic N) is 4. The van der Waals surface area contributed by atoms with E-state index >= 15 is 0 Å². The fourth-order valence-electron chi connectivity index (χ4n) is 2.69. The summed E-state index contributed by atoms with van der Waals surface area (Å²) in [6.07, 6.45) is 1.04. The Morgan fingerprint density at radius 1 is 1.27 bits per heavy atom. The zero-order valence-electron chi connectivity index (χ0n) is 14.7. The molecule has 0 unspecified atom stereocenters. The van der Waals surface area contributed by atoms with Crippen LogP contribution in [0.15, 0.2) is 28.6 Å². The molecule has 1 aromatic heterocycles. The van der Waals surface area contributed by atoms with Gasteiger partial charge in [0.05, 0.1) is 16.5 Å². The van der Waals surface area contributed by atoms with E-state index in [4.69, 9.17) is 11.6 Å². The number of carbonyl (C=O) groups excluding carboxylic acids is 1. The minimum absolute atomic E-state index is 0.145. The molecule has 3 rings (SSSR count). The first-order valence-corrected chi connectivity index (χ1v) is 10.8. The summed E-state index contributed by atoms with van der Waals surface area (Å²) in [4.78, 5) is 16.6. The van der Waals surface area contributed by atoms with Crippen LogP contribution < -0.4 is 10.2 Å². The van der Waals surface area contributed by atoms with Gasteiger partial charge in [0.15, 0.2) is 4.34 Å². The molecular formula is C17H22ClN5OS2. The summed E-state index contributed by atoms with van der Waals surface area (Å²) in [7, 11) is 0. The zero-order chi connectivity index (χ0) is 18.4.